The second kappa shape index (κ2) is 8.70. The van der Waals surface area contributed by atoms with Gasteiger partial charge in [-0.2, -0.15) is 4.98 Å². The van der Waals surface area contributed by atoms with Crippen molar-refractivity contribution in [3.05, 3.63) is 30.2 Å². The Morgan fingerprint density at radius 1 is 1.18 bits per heavy atom. The average Bonchev–Trinajstić information content (AvgIpc) is 3.44. The van der Waals surface area contributed by atoms with Crippen LogP contribution in [0.4, 0.5) is 0 Å². The number of ether oxygens (including phenoxy) is 3. The number of carbonyl (C=O) groups is 1. The van der Waals surface area contributed by atoms with Crippen molar-refractivity contribution in [2.45, 2.75) is 32.0 Å². The Kier molecular flexibility index (Phi) is 5.87. The standard InChI is InChI=1S/C20H25N3O5/c1-25-16-4-2-14(3-5-16)19-21-17(28-22-19)6-7-18(24)23-10-8-15(9-11-23)20-26-12-13-27-20/h2-5,15,20H,6-13H2,1H3. The molecule has 2 saturated heterocycles. The highest BCUT2D eigenvalue weighted by atomic mass is 16.7. The zero-order chi connectivity index (χ0) is 19.3. The lowest BCUT2D eigenvalue weighted by Crippen LogP contribution is -2.41. The van der Waals surface area contributed by atoms with Crippen molar-refractivity contribution in [1.82, 2.24) is 15.0 Å². The van der Waals surface area contributed by atoms with Crippen molar-refractivity contribution in [2.24, 2.45) is 5.92 Å². The number of piperidine rings is 1. The van der Waals surface area contributed by atoms with Crippen LogP contribution in [0.3, 0.4) is 0 Å². The van der Waals surface area contributed by atoms with Gasteiger partial charge in [0.2, 0.25) is 17.6 Å². The van der Waals surface area contributed by atoms with Gasteiger partial charge in [-0.3, -0.25) is 4.79 Å². The Morgan fingerprint density at radius 2 is 1.89 bits per heavy atom. The van der Waals surface area contributed by atoms with E-state index >= 15 is 0 Å². The fourth-order valence-electron chi connectivity index (χ4n) is 3.66. The predicted octanol–water partition coefficient (Wildman–Crippen LogP) is 2.29. The lowest BCUT2D eigenvalue weighted by atomic mass is 9.96. The van der Waals surface area contributed by atoms with Gasteiger partial charge in [0.25, 0.3) is 0 Å². The lowest BCUT2D eigenvalue weighted by molar-refractivity contribution is -0.136. The molecule has 2 aromatic rings. The van der Waals surface area contributed by atoms with Gasteiger partial charge in [-0.05, 0) is 37.1 Å². The van der Waals surface area contributed by atoms with Crippen LogP contribution in [0.5, 0.6) is 5.75 Å². The van der Waals surface area contributed by atoms with Gasteiger partial charge < -0.3 is 23.6 Å². The fourth-order valence-corrected chi connectivity index (χ4v) is 3.66. The van der Waals surface area contributed by atoms with Crippen molar-refractivity contribution in [3.8, 4) is 17.1 Å². The number of likely N-dealkylation sites (tertiary alicyclic amines) is 1. The zero-order valence-electron chi connectivity index (χ0n) is 16.0. The van der Waals surface area contributed by atoms with Crippen molar-refractivity contribution in [2.75, 3.05) is 33.4 Å². The molecule has 4 rings (SSSR count). The normalized spacial score (nSPS) is 18.5. The molecule has 2 aliphatic heterocycles. The molecule has 1 aromatic heterocycles. The molecular formula is C20H25N3O5. The monoisotopic (exact) mass is 387 g/mol. The summed E-state index contributed by atoms with van der Waals surface area (Å²) in [7, 11) is 1.62. The van der Waals surface area contributed by atoms with Crippen molar-refractivity contribution in [1.29, 1.82) is 0 Å². The SMILES string of the molecule is COc1ccc(-c2noc(CCC(=O)N3CCC(C4OCCO4)CC3)n2)cc1. The van der Waals surface area contributed by atoms with Crippen LogP contribution in [0.25, 0.3) is 11.4 Å². The van der Waals surface area contributed by atoms with E-state index < -0.39 is 0 Å². The first-order valence-electron chi connectivity index (χ1n) is 9.71. The largest absolute Gasteiger partial charge is 0.497 e. The second-order valence-electron chi connectivity index (χ2n) is 7.07. The molecule has 2 fully saturated rings. The summed E-state index contributed by atoms with van der Waals surface area (Å²) in [5.41, 5.74) is 0.848. The van der Waals surface area contributed by atoms with E-state index in [9.17, 15) is 4.79 Å². The Balaban J connectivity index is 1.25. The molecule has 28 heavy (non-hydrogen) atoms. The first kappa shape index (κ1) is 18.9. The van der Waals surface area contributed by atoms with E-state index in [0.717, 1.165) is 37.2 Å². The molecule has 1 amide bonds. The van der Waals surface area contributed by atoms with Gasteiger partial charge in [0.05, 0.1) is 20.3 Å². The topological polar surface area (TPSA) is 86.9 Å². The number of hydrogen-bond donors (Lipinski definition) is 0. The van der Waals surface area contributed by atoms with Crippen molar-refractivity contribution in [3.63, 3.8) is 0 Å². The predicted molar refractivity (Wildman–Crippen MR) is 99.6 cm³/mol. The number of rotatable bonds is 6. The van der Waals surface area contributed by atoms with Crippen molar-refractivity contribution < 1.29 is 23.5 Å². The molecule has 2 aliphatic rings. The molecule has 3 heterocycles. The molecule has 8 heteroatoms. The van der Waals surface area contributed by atoms with Crippen LogP contribution in [0.1, 0.15) is 25.2 Å². The Labute approximate surface area is 163 Å². The van der Waals surface area contributed by atoms with Crippen LogP contribution in [-0.4, -0.2) is 60.7 Å². The first-order chi connectivity index (χ1) is 13.7. The average molecular weight is 387 g/mol. The van der Waals surface area contributed by atoms with E-state index in [1.165, 1.54) is 0 Å². The van der Waals surface area contributed by atoms with Gasteiger partial charge in [-0.25, -0.2) is 0 Å². The van der Waals surface area contributed by atoms with Crippen LogP contribution < -0.4 is 4.74 Å². The van der Waals surface area contributed by atoms with E-state index in [1.807, 2.05) is 29.2 Å². The highest BCUT2D eigenvalue weighted by Crippen LogP contribution is 2.26. The molecule has 0 unspecified atom stereocenters. The Bertz CT molecular complexity index is 777. The summed E-state index contributed by atoms with van der Waals surface area (Å²) in [6, 6.07) is 7.45. The van der Waals surface area contributed by atoms with E-state index in [1.54, 1.807) is 7.11 Å². The van der Waals surface area contributed by atoms with Gasteiger partial charge in [0.15, 0.2) is 6.29 Å². The summed E-state index contributed by atoms with van der Waals surface area (Å²) in [6.45, 7) is 2.83. The van der Waals surface area contributed by atoms with Crippen LogP contribution in [-0.2, 0) is 20.7 Å². The van der Waals surface area contributed by atoms with Gasteiger partial charge >= 0.3 is 0 Å². The fraction of sp³-hybridized carbons (Fsp3) is 0.550. The number of carbonyl (C=O) groups excluding carboxylic acids is 1. The minimum Gasteiger partial charge on any atom is -0.497 e. The quantitative estimate of drug-likeness (QED) is 0.751. The molecule has 0 saturated carbocycles. The third-order valence-electron chi connectivity index (χ3n) is 5.29. The second-order valence-corrected chi connectivity index (χ2v) is 7.07. The molecule has 0 atom stereocenters. The van der Waals surface area contributed by atoms with Crippen LogP contribution in [0, 0.1) is 5.92 Å². The molecule has 1 aromatic carbocycles. The summed E-state index contributed by atoms with van der Waals surface area (Å²) < 4.78 is 21.6. The Morgan fingerprint density at radius 3 is 2.57 bits per heavy atom. The van der Waals surface area contributed by atoms with E-state index in [4.69, 9.17) is 18.7 Å². The van der Waals surface area contributed by atoms with Crippen LogP contribution in [0.15, 0.2) is 28.8 Å². The van der Waals surface area contributed by atoms with E-state index in [0.29, 0.717) is 43.7 Å². The summed E-state index contributed by atoms with van der Waals surface area (Å²) >= 11 is 0. The minimum absolute atomic E-state index is 0.0907. The van der Waals surface area contributed by atoms with Crippen LogP contribution in [0.2, 0.25) is 0 Å². The highest BCUT2D eigenvalue weighted by Gasteiger charge is 2.31. The Hall–Kier alpha value is -2.45. The summed E-state index contributed by atoms with van der Waals surface area (Å²) in [4.78, 5) is 18.8. The summed E-state index contributed by atoms with van der Waals surface area (Å²) in [5.74, 6) is 2.27. The number of methoxy groups -OCH3 is 1. The summed E-state index contributed by atoms with van der Waals surface area (Å²) in [6.07, 6.45) is 2.55. The van der Waals surface area contributed by atoms with Gasteiger partial charge in [0.1, 0.15) is 5.75 Å². The smallest absolute Gasteiger partial charge is 0.227 e. The number of amides is 1. The molecule has 0 N–H and O–H groups in total. The summed E-state index contributed by atoms with van der Waals surface area (Å²) in [5, 5.41) is 4.01. The number of nitrogens with zero attached hydrogens (tertiary/aromatic N) is 3. The molecular weight excluding hydrogens is 362 g/mol. The maximum absolute atomic E-state index is 12.5. The minimum atomic E-state index is -0.0907. The number of benzene rings is 1. The van der Waals surface area contributed by atoms with E-state index in [2.05, 4.69) is 10.1 Å². The molecule has 0 spiro atoms. The van der Waals surface area contributed by atoms with Crippen LogP contribution >= 0.6 is 0 Å². The molecule has 150 valence electrons. The molecule has 0 bridgehead atoms. The maximum Gasteiger partial charge on any atom is 0.227 e. The number of hydrogen-bond acceptors (Lipinski definition) is 7. The third-order valence-corrected chi connectivity index (χ3v) is 5.29. The molecule has 8 nitrogen and oxygen atoms in total. The maximum atomic E-state index is 12.5. The zero-order valence-corrected chi connectivity index (χ0v) is 16.0. The molecule has 0 radical (unpaired) electrons. The third kappa shape index (κ3) is 4.34. The number of aromatic nitrogens is 2. The highest BCUT2D eigenvalue weighted by molar-refractivity contribution is 5.76. The first-order valence-corrected chi connectivity index (χ1v) is 9.71. The number of aryl methyl sites for hydroxylation is 1. The van der Waals surface area contributed by atoms with Gasteiger partial charge in [0, 0.05) is 37.4 Å². The molecule has 0 aliphatic carbocycles. The lowest BCUT2D eigenvalue weighted by Gasteiger charge is -2.33. The van der Waals surface area contributed by atoms with Gasteiger partial charge in [-0.15, -0.1) is 0 Å². The van der Waals surface area contributed by atoms with Crippen molar-refractivity contribution >= 4 is 5.91 Å². The van der Waals surface area contributed by atoms with Gasteiger partial charge in [-0.1, -0.05) is 5.16 Å². The van der Waals surface area contributed by atoms with E-state index in [-0.39, 0.29) is 12.2 Å².